The lowest BCUT2D eigenvalue weighted by atomic mass is 9.86. The summed E-state index contributed by atoms with van der Waals surface area (Å²) >= 11 is 0. The first-order chi connectivity index (χ1) is 5.95. The van der Waals surface area contributed by atoms with Gasteiger partial charge < -0.3 is 10.6 Å². The Morgan fingerprint density at radius 1 is 1.38 bits per heavy atom. The maximum atomic E-state index is 11.3. The molecule has 1 aliphatic rings. The molecule has 0 radical (unpaired) electrons. The zero-order chi connectivity index (χ0) is 10.1. The first kappa shape index (κ1) is 10.5. The summed E-state index contributed by atoms with van der Waals surface area (Å²) in [4.78, 5) is 11.3. The number of carbonyl (C=O) groups excluding carboxylic acids is 1. The summed E-state index contributed by atoms with van der Waals surface area (Å²) in [5, 5.41) is 6.05. The summed E-state index contributed by atoms with van der Waals surface area (Å²) in [6.07, 6.45) is 2.06. The van der Waals surface area contributed by atoms with Gasteiger partial charge >= 0.3 is 0 Å². The lowest BCUT2D eigenvalue weighted by Crippen LogP contribution is -2.45. The van der Waals surface area contributed by atoms with Crippen LogP contribution < -0.4 is 10.6 Å². The maximum Gasteiger partial charge on any atom is 0.236 e. The first-order valence-corrected chi connectivity index (χ1v) is 4.93. The van der Waals surface area contributed by atoms with Gasteiger partial charge in [-0.1, -0.05) is 20.8 Å². The van der Waals surface area contributed by atoms with E-state index in [4.69, 9.17) is 0 Å². The zero-order valence-electron chi connectivity index (χ0n) is 8.98. The normalized spacial score (nSPS) is 28.9. The molecule has 0 bridgehead atoms. The van der Waals surface area contributed by atoms with E-state index in [1.165, 1.54) is 0 Å². The van der Waals surface area contributed by atoms with Gasteiger partial charge in [0.2, 0.25) is 5.91 Å². The predicted octanol–water partition coefficient (Wildman–Crippen LogP) is 0.899. The van der Waals surface area contributed by atoms with Crippen LogP contribution in [0.1, 0.15) is 33.6 Å². The van der Waals surface area contributed by atoms with E-state index >= 15 is 0 Å². The minimum Gasteiger partial charge on any atom is -0.358 e. The molecular weight excluding hydrogens is 164 g/mol. The van der Waals surface area contributed by atoms with Crippen molar-refractivity contribution in [1.29, 1.82) is 0 Å². The first-order valence-electron chi connectivity index (χ1n) is 4.93. The molecule has 1 aliphatic heterocycles. The molecule has 0 aromatic rings. The van der Waals surface area contributed by atoms with Crippen molar-refractivity contribution >= 4 is 5.91 Å². The quantitative estimate of drug-likeness (QED) is 0.635. The van der Waals surface area contributed by atoms with Gasteiger partial charge in [-0.2, -0.15) is 0 Å². The number of amides is 1. The average molecular weight is 184 g/mol. The lowest BCUT2D eigenvalue weighted by Gasteiger charge is -2.27. The standard InChI is InChI=1S/C10H20N2O/c1-10(2,3)8-6-5-7(12-8)9(13)11-4/h7-8,12H,5-6H2,1-4H3,(H,11,13). The van der Waals surface area contributed by atoms with Crippen molar-refractivity contribution in [2.75, 3.05) is 7.05 Å². The van der Waals surface area contributed by atoms with Gasteiger partial charge in [-0.3, -0.25) is 4.79 Å². The summed E-state index contributed by atoms with van der Waals surface area (Å²) < 4.78 is 0. The highest BCUT2D eigenvalue weighted by atomic mass is 16.2. The number of hydrogen-bond acceptors (Lipinski definition) is 2. The summed E-state index contributed by atoms with van der Waals surface area (Å²) in [6, 6.07) is 0.490. The minimum atomic E-state index is 0.0224. The molecule has 3 nitrogen and oxygen atoms in total. The van der Waals surface area contributed by atoms with Crippen LogP contribution in [0, 0.1) is 5.41 Å². The second-order valence-electron chi connectivity index (χ2n) is 4.83. The van der Waals surface area contributed by atoms with Crippen molar-refractivity contribution in [2.45, 2.75) is 45.7 Å². The zero-order valence-corrected chi connectivity index (χ0v) is 8.98. The number of nitrogens with one attached hydrogen (secondary N) is 2. The molecule has 2 atom stereocenters. The highest BCUT2D eigenvalue weighted by molar-refractivity contribution is 5.81. The Kier molecular flexibility index (Phi) is 2.96. The van der Waals surface area contributed by atoms with Crippen LogP contribution in [-0.2, 0) is 4.79 Å². The van der Waals surface area contributed by atoms with Crippen LogP contribution in [0.2, 0.25) is 0 Å². The van der Waals surface area contributed by atoms with Crippen LogP contribution in [0.25, 0.3) is 0 Å². The van der Waals surface area contributed by atoms with Gasteiger partial charge in [0.25, 0.3) is 0 Å². The molecule has 1 rings (SSSR count). The van der Waals surface area contributed by atoms with Gasteiger partial charge in [0.05, 0.1) is 6.04 Å². The Bertz CT molecular complexity index is 196. The molecule has 0 aliphatic carbocycles. The number of rotatable bonds is 1. The number of likely N-dealkylation sites (N-methyl/N-ethyl adjacent to an activating group) is 1. The van der Waals surface area contributed by atoms with E-state index in [-0.39, 0.29) is 17.4 Å². The fourth-order valence-corrected chi connectivity index (χ4v) is 1.81. The van der Waals surface area contributed by atoms with E-state index in [1.807, 2.05) is 0 Å². The largest absolute Gasteiger partial charge is 0.358 e. The molecule has 0 aromatic carbocycles. The molecule has 1 fully saturated rings. The maximum absolute atomic E-state index is 11.3. The van der Waals surface area contributed by atoms with Gasteiger partial charge in [-0.05, 0) is 18.3 Å². The van der Waals surface area contributed by atoms with Crippen LogP contribution in [-0.4, -0.2) is 25.0 Å². The highest BCUT2D eigenvalue weighted by Crippen LogP contribution is 2.28. The molecule has 2 unspecified atom stereocenters. The topological polar surface area (TPSA) is 41.1 Å². The molecule has 1 saturated heterocycles. The third-order valence-electron chi connectivity index (χ3n) is 2.75. The molecular formula is C10H20N2O. The molecule has 13 heavy (non-hydrogen) atoms. The van der Waals surface area contributed by atoms with E-state index in [1.54, 1.807) is 7.05 Å². The van der Waals surface area contributed by atoms with Crippen LogP contribution in [0.5, 0.6) is 0 Å². The van der Waals surface area contributed by atoms with Crippen molar-refractivity contribution in [3.63, 3.8) is 0 Å². The number of hydrogen-bond donors (Lipinski definition) is 2. The van der Waals surface area contributed by atoms with Crippen molar-refractivity contribution in [3.05, 3.63) is 0 Å². The monoisotopic (exact) mass is 184 g/mol. The Morgan fingerprint density at radius 2 is 2.00 bits per heavy atom. The van der Waals surface area contributed by atoms with E-state index in [2.05, 4.69) is 31.4 Å². The minimum absolute atomic E-state index is 0.0224. The Labute approximate surface area is 80.3 Å². The lowest BCUT2D eigenvalue weighted by molar-refractivity contribution is -0.122. The molecule has 0 aromatic heterocycles. The van der Waals surface area contributed by atoms with Gasteiger partial charge in [0.1, 0.15) is 0 Å². The summed E-state index contributed by atoms with van der Waals surface area (Å²) in [6.45, 7) is 6.62. The highest BCUT2D eigenvalue weighted by Gasteiger charge is 2.34. The van der Waals surface area contributed by atoms with E-state index < -0.39 is 0 Å². The summed E-state index contributed by atoms with van der Waals surface area (Å²) in [5.74, 6) is 0.117. The average Bonchev–Trinajstić information content (AvgIpc) is 2.50. The second-order valence-corrected chi connectivity index (χ2v) is 4.83. The van der Waals surface area contributed by atoms with Crippen LogP contribution in [0.3, 0.4) is 0 Å². The van der Waals surface area contributed by atoms with E-state index in [0.717, 1.165) is 12.8 Å². The predicted molar refractivity (Wildman–Crippen MR) is 53.5 cm³/mol. The van der Waals surface area contributed by atoms with Crippen LogP contribution >= 0.6 is 0 Å². The van der Waals surface area contributed by atoms with Crippen LogP contribution in [0.15, 0.2) is 0 Å². The Hall–Kier alpha value is -0.570. The molecule has 1 amide bonds. The van der Waals surface area contributed by atoms with Crippen molar-refractivity contribution in [1.82, 2.24) is 10.6 Å². The van der Waals surface area contributed by atoms with Gasteiger partial charge in [-0.25, -0.2) is 0 Å². The van der Waals surface area contributed by atoms with E-state index in [9.17, 15) is 4.79 Å². The van der Waals surface area contributed by atoms with Crippen molar-refractivity contribution in [2.24, 2.45) is 5.41 Å². The molecule has 3 heteroatoms. The van der Waals surface area contributed by atoms with Crippen molar-refractivity contribution in [3.8, 4) is 0 Å². The molecule has 76 valence electrons. The fraction of sp³-hybridized carbons (Fsp3) is 0.900. The third-order valence-corrected chi connectivity index (χ3v) is 2.75. The fourth-order valence-electron chi connectivity index (χ4n) is 1.81. The smallest absolute Gasteiger partial charge is 0.236 e. The molecule has 0 spiro atoms. The Morgan fingerprint density at radius 3 is 2.38 bits per heavy atom. The third kappa shape index (κ3) is 2.44. The van der Waals surface area contributed by atoms with Gasteiger partial charge in [0.15, 0.2) is 0 Å². The summed E-state index contributed by atoms with van der Waals surface area (Å²) in [5.41, 5.74) is 0.253. The number of carbonyl (C=O) groups is 1. The molecule has 0 saturated carbocycles. The van der Waals surface area contributed by atoms with Crippen molar-refractivity contribution < 1.29 is 4.79 Å². The van der Waals surface area contributed by atoms with E-state index in [0.29, 0.717) is 6.04 Å². The SMILES string of the molecule is CNC(=O)C1CCC(C(C)(C)C)N1. The Balaban J connectivity index is 2.50. The molecule has 2 N–H and O–H groups in total. The van der Waals surface area contributed by atoms with Gasteiger partial charge in [-0.15, -0.1) is 0 Å². The van der Waals surface area contributed by atoms with Crippen LogP contribution in [0.4, 0.5) is 0 Å². The second kappa shape index (κ2) is 3.66. The molecule has 1 heterocycles. The summed E-state index contributed by atoms with van der Waals surface area (Å²) in [7, 11) is 1.69. The van der Waals surface area contributed by atoms with Gasteiger partial charge in [0, 0.05) is 13.1 Å².